The minimum Gasteiger partial charge on any atom is -0.455 e. The molecular weight excluding hydrogens is 280 g/mol. The van der Waals surface area contributed by atoms with E-state index >= 15 is 0 Å². The predicted molar refractivity (Wildman–Crippen MR) is 65.3 cm³/mol. The van der Waals surface area contributed by atoms with Gasteiger partial charge < -0.3 is 4.74 Å². The van der Waals surface area contributed by atoms with Crippen molar-refractivity contribution in [3.8, 4) is 0 Å². The Labute approximate surface area is 110 Å². The zero-order valence-electron chi connectivity index (χ0n) is 10.4. The third kappa shape index (κ3) is 3.92. The fourth-order valence-electron chi connectivity index (χ4n) is 0.999. The zero-order valence-corrected chi connectivity index (χ0v) is 12.0. The standard InChI is InChI=1S/C10H13ClN2O4S/c1-10(2,3)17-8(14)7-6(11)5-12-9(13-7)18(4,15)16/h5H,1-4H3. The number of aromatic nitrogens is 2. The van der Waals surface area contributed by atoms with Crippen LogP contribution in [0.5, 0.6) is 0 Å². The maximum atomic E-state index is 11.8. The molecule has 1 heterocycles. The van der Waals surface area contributed by atoms with Crippen LogP contribution < -0.4 is 0 Å². The highest BCUT2D eigenvalue weighted by molar-refractivity contribution is 7.90. The molecule has 1 aromatic rings. The van der Waals surface area contributed by atoms with E-state index in [-0.39, 0.29) is 10.7 Å². The molecule has 0 N–H and O–H groups in total. The molecule has 0 bridgehead atoms. The second kappa shape index (κ2) is 4.81. The molecule has 100 valence electrons. The van der Waals surface area contributed by atoms with Crippen LogP contribution in [0.2, 0.25) is 5.02 Å². The first-order valence-corrected chi connectivity index (χ1v) is 7.23. The molecule has 0 spiro atoms. The monoisotopic (exact) mass is 292 g/mol. The lowest BCUT2D eigenvalue weighted by Gasteiger charge is -2.19. The van der Waals surface area contributed by atoms with Crippen LogP contribution in [0.15, 0.2) is 11.4 Å². The highest BCUT2D eigenvalue weighted by atomic mass is 35.5. The average Bonchev–Trinajstić information content (AvgIpc) is 2.13. The molecule has 0 aliphatic carbocycles. The van der Waals surface area contributed by atoms with Crippen molar-refractivity contribution < 1.29 is 17.9 Å². The molecule has 0 unspecified atom stereocenters. The summed E-state index contributed by atoms with van der Waals surface area (Å²) in [7, 11) is -3.61. The number of esters is 1. The molecule has 8 heteroatoms. The normalized spacial score (nSPS) is 12.3. The Morgan fingerprint density at radius 1 is 1.39 bits per heavy atom. The highest BCUT2D eigenvalue weighted by Crippen LogP contribution is 2.18. The van der Waals surface area contributed by atoms with Gasteiger partial charge in [-0.05, 0) is 20.8 Å². The minimum absolute atomic E-state index is 0.0587. The number of halogens is 1. The molecule has 1 rings (SSSR count). The molecule has 18 heavy (non-hydrogen) atoms. The first kappa shape index (κ1) is 14.8. The van der Waals surface area contributed by atoms with E-state index in [9.17, 15) is 13.2 Å². The van der Waals surface area contributed by atoms with Crippen molar-refractivity contribution in [3.63, 3.8) is 0 Å². The van der Waals surface area contributed by atoms with Gasteiger partial charge in [0, 0.05) is 6.26 Å². The van der Waals surface area contributed by atoms with Gasteiger partial charge in [-0.25, -0.2) is 23.2 Å². The second-order valence-corrected chi connectivity index (χ2v) is 6.94. The summed E-state index contributed by atoms with van der Waals surface area (Å²) >= 11 is 5.75. The van der Waals surface area contributed by atoms with E-state index in [0.29, 0.717) is 0 Å². The quantitative estimate of drug-likeness (QED) is 0.606. The van der Waals surface area contributed by atoms with Gasteiger partial charge in [0.25, 0.3) is 0 Å². The van der Waals surface area contributed by atoms with Crippen LogP contribution in [-0.4, -0.2) is 36.2 Å². The fraction of sp³-hybridized carbons (Fsp3) is 0.500. The van der Waals surface area contributed by atoms with Crippen molar-refractivity contribution in [1.82, 2.24) is 9.97 Å². The Kier molecular flexibility index (Phi) is 3.97. The summed E-state index contributed by atoms with van der Waals surface area (Å²) in [6.07, 6.45) is 2.00. The Hall–Kier alpha value is -1.21. The maximum Gasteiger partial charge on any atom is 0.359 e. The van der Waals surface area contributed by atoms with Crippen LogP contribution in [0.1, 0.15) is 31.3 Å². The predicted octanol–water partition coefficient (Wildman–Crippen LogP) is 1.49. The molecule has 0 amide bonds. The summed E-state index contributed by atoms with van der Waals surface area (Å²) in [5, 5.41) is -0.524. The van der Waals surface area contributed by atoms with Crippen LogP contribution in [0.3, 0.4) is 0 Å². The third-order valence-corrected chi connectivity index (χ3v) is 2.78. The molecule has 0 aliphatic rings. The van der Waals surface area contributed by atoms with Gasteiger partial charge in [-0.1, -0.05) is 11.6 Å². The Morgan fingerprint density at radius 2 is 1.94 bits per heavy atom. The summed E-state index contributed by atoms with van der Waals surface area (Å²) in [6, 6.07) is 0. The molecule has 0 atom stereocenters. The van der Waals surface area contributed by atoms with Gasteiger partial charge in [0.1, 0.15) is 5.60 Å². The average molecular weight is 293 g/mol. The van der Waals surface area contributed by atoms with E-state index in [1.165, 1.54) is 0 Å². The molecule has 6 nitrogen and oxygen atoms in total. The third-order valence-electron chi connectivity index (χ3n) is 1.65. The largest absolute Gasteiger partial charge is 0.455 e. The Balaban J connectivity index is 3.21. The SMILES string of the molecule is CC(C)(C)OC(=O)c1nc(S(C)(=O)=O)ncc1Cl. The number of nitrogens with zero attached hydrogens (tertiary/aromatic N) is 2. The number of carbonyl (C=O) groups excluding carboxylic acids is 1. The van der Waals surface area contributed by atoms with Gasteiger partial charge in [0.2, 0.25) is 15.0 Å². The Bertz CT molecular complexity index is 578. The molecule has 0 radical (unpaired) electrons. The lowest BCUT2D eigenvalue weighted by Crippen LogP contribution is -2.25. The number of ether oxygens (including phenoxy) is 1. The van der Waals surface area contributed by atoms with E-state index in [1.807, 2.05) is 0 Å². The second-order valence-electron chi connectivity index (χ2n) is 4.62. The number of hydrogen-bond donors (Lipinski definition) is 0. The van der Waals surface area contributed by atoms with Crippen molar-refractivity contribution in [2.75, 3.05) is 6.26 Å². The van der Waals surface area contributed by atoms with Gasteiger partial charge in [-0.3, -0.25) is 0 Å². The molecule has 0 aliphatic heterocycles. The molecule has 0 saturated carbocycles. The zero-order chi connectivity index (χ0) is 14.1. The molecular formula is C10H13ClN2O4S. The molecule has 1 aromatic heterocycles. The smallest absolute Gasteiger partial charge is 0.359 e. The molecule has 0 saturated heterocycles. The van der Waals surface area contributed by atoms with Gasteiger partial charge in [0.15, 0.2) is 5.69 Å². The number of carbonyl (C=O) groups is 1. The summed E-state index contributed by atoms with van der Waals surface area (Å²) in [5.41, 5.74) is -0.988. The highest BCUT2D eigenvalue weighted by Gasteiger charge is 2.24. The number of hydrogen-bond acceptors (Lipinski definition) is 6. The van der Waals surface area contributed by atoms with Crippen molar-refractivity contribution in [3.05, 3.63) is 16.9 Å². The first-order chi connectivity index (χ1) is 8.00. The summed E-state index contributed by atoms with van der Waals surface area (Å²) < 4.78 is 27.6. The lowest BCUT2D eigenvalue weighted by atomic mass is 10.2. The Morgan fingerprint density at radius 3 is 2.39 bits per heavy atom. The van der Waals surface area contributed by atoms with Crippen molar-refractivity contribution >= 4 is 27.4 Å². The van der Waals surface area contributed by atoms with Gasteiger partial charge in [0.05, 0.1) is 11.2 Å². The van der Waals surface area contributed by atoms with Crippen LogP contribution in [0.4, 0.5) is 0 Å². The van der Waals surface area contributed by atoms with Crippen LogP contribution in [0, 0.1) is 0 Å². The van der Waals surface area contributed by atoms with Crippen LogP contribution in [0.25, 0.3) is 0 Å². The van der Waals surface area contributed by atoms with Gasteiger partial charge in [-0.2, -0.15) is 0 Å². The van der Waals surface area contributed by atoms with E-state index in [1.54, 1.807) is 20.8 Å². The van der Waals surface area contributed by atoms with Crippen molar-refractivity contribution in [1.29, 1.82) is 0 Å². The first-order valence-electron chi connectivity index (χ1n) is 4.96. The van der Waals surface area contributed by atoms with E-state index in [0.717, 1.165) is 12.5 Å². The van der Waals surface area contributed by atoms with E-state index in [2.05, 4.69) is 9.97 Å². The van der Waals surface area contributed by atoms with Crippen LogP contribution in [-0.2, 0) is 14.6 Å². The fourth-order valence-corrected chi connectivity index (χ4v) is 1.67. The lowest BCUT2D eigenvalue weighted by molar-refractivity contribution is 0.00619. The van der Waals surface area contributed by atoms with E-state index < -0.39 is 26.6 Å². The maximum absolute atomic E-state index is 11.8. The topological polar surface area (TPSA) is 86.2 Å². The van der Waals surface area contributed by atoms with E-state index in [4.69, 9.17) is 16.3 Å². The van der Waals surface area contributed by atoms with Crippen molar-refractivity contribution in [2.24, 2.45) is 0 Å². The van der Waals surface area contributed by atoms with Crippen LogP contribution >= 0.6 is 11.6 Å². The summed E-state index contributed by atoms with van der Waals surface area (Å²) in [6.45, 7) is 5.03. The molecule has 0 aromatic carbocycles. The van der Waals surface area contributed by atoms with Gasteiger partial charge >= 0.3 is 5.97 Å². The molecule has 0 fully saturated rings. The number of rotatable bonds is 2. The summed E-state index contributed by atoms with van der Waals surface area (Å²) in [4.78, 5) is 18.9. The van der Waals surface area contributed by atoms with Crippen molar-refractivity contribution in [2.45, 2.75) is 31.5 Å². The summed E-state index contributed by atoms with van der Waals surface area (Å²) in [5.74, 6) is -0.792. The van der Waals surface area contributed by atoms with Gasteiger partial charge in [-0.15, -0.1) is 0 Å². The minimum atomic E-state index is -3.61. The number of sulfone groups is 1.